The second-order valence-electron chi connectivity index (χ2n) is 8.86. The van der Waals surface area contributed by atoms with Gasteiger partial charge in [0.2, 0.25) is 5.89 Å². The van der Waals surface area contributed by atoms with Crippen LogP contribution in [0.1, 0.15) is 55.8 Å². The Morgan fingerprint density at radius 1 is 1.27 bits per heavy atom. The minimum absolute atomic E-state index is 0.0573. The molecule has 2 heterocycles. The standard InChI is InChI=1S/C22H31F2N7O2/c1-13-18(32-15-6-4-3-5-7-15)9-8-16(28-13)20(25)17(31(2)26)12-27-21-29-19(33-30-21)10-14-11-22(14,23)24/h8-9,14-15H,3-7,10-12,25-26H2,1-2H3,(H,27,30)/b20-17-. The van der Waals surface area contributed by atoms with Crippen molar-refractivity contribution < 1.29 is 18.0 Å². The second-order valence-corrected chi connectivity index (χ2v) is 8.86. The molecular weight excluding hydrogens is 432 g/mol. The van der Waals surface area contributed by atoms with E-state index >= 15 is 0 Å². The molecule has 0 saturated heterocycles. The zero-order valence-corrected chi connectivity index (χ0v) is 19.0. The number of rotatable bonds is 9. The van der Waals surface area contributed by atoms with Gasteiger partial charge >= 0.3 is 0 Å². The number of nitrogens with zero attached hydrogens (tertiary/aromatic N) is 4. The molecule has 0 amide bonds. The van der Waals surface area contributed by atoms with Gasteiger partial charge in [-0.15, -0.1) is 0 Å². The molecule has 9 nitrogen and oxygen atoms in total. The number of halogens is 2. The minimum atomic E-state index is -2.63. The lowest BCUT2D eigenvalue weighted by Crippen LogP contribution is -2.32. The summed E-state index contributed by atoms with van der Waals surface area (Å²) in [7, 11) is 1.66. The maximum Gasteiger partial charge on any atom is 0.263 e. The monoisotopic (exact) mass is 463 g/mol. The number of pyridine rings is 1. The molecule has 2 aliphatic rings. The van der Waals surface area contributed by atoms with Crippen LogP contribution in [0.5, 0.6) is 5.75 Å². The molecule has 2 fully saturated rings. The third-order valence-corrected chi connectivity index (χ3v) is 6.15. The second kappa shape index (κ2) is 9.50. The van der Waals surface area contributed by atoms with Gasteiger partial charge in [-0.05, 0) is 49.9 Å². The number of alkyl halides is 2. The lowest BCUT2D eigenvalue weighted by Gasteiger charge is -2.24. The van der Waals surface area contributed by atoms with Gasteiger partial charge in [-0.3, -0.25) is 0 Å². The van der Waals surface area contributed by atoms with Gasteiger partial charge in [0, 0.05) is 25.8 Å². The van der Waals surface area contributed by atoms with Crippen LogP contribution in [0.4, 0.5) is 14.7 Å². The highest BCUT2D eigenvalue weighted by atomic mass is 19.3. The topological polar surface area (TPSA) is 128 Å². The van der Waals surface area contributed by atoms with E-state index in [4.69, 9.17) is 20.8 Å². The summed E-state index contributed by atoms with van der Waals surface area (Å²) in [6.07, 6.45) is 5.94. The van der Waals surface area contributed by atoms with E-state index in [1.807, 2.05) is 19.1 Å². The van der Waals surface area contributed by atoms with Crippen LogP contribution in [0.15, 0.2) is 22.4 Å². The van der Waals surface area contributed by atoms with E-state index in [1.54, 1.807) is 7.05 Å². The number of aromatic nitrogens is 3. The van der Waals surface area contributed by atoms with Crippen molar-refractivity contribution in [1.82, 2.24) is 20.1 Å². The fourth-order valence-corrected chi connectivity index (χ4v) is 4.02. The van der Waals surface area contributed by atoms with Crippen molar-refractivity contribution in [2.45, 2.75) is 63.9 Å². The number of hydrogen-bond donors (Lipinski definition) is 3. The zero-order chi connectivity index (χ0) is 23.6. The van der Waals surface area contributed by atoms with Crippen molar-refractivity contribution in [1.29, 1.82) is 0 Å². The smallest absolute Gasteiger partial charge is 0.263 e. The number of anilines is 1. The number of likely N-dealkylation sites (N-methyl/N-ethyl adjacent to an activating group) is 1. The summed E-state index contributed by atoms with van der Waals surface area (Å²) in [6.45, 7) is 2.09. The molecule has 33 heavy (non-hydrogen) atoms. The average Bonchev–Trinajstić information content (AvgIpc) is 3.15. The van der Waals surface area contributed by atoms with Gasteiger partial charge in [0.25, 0.3) is 11.9 Å². The number of aryl methyl sites for hydroxylation is 1. The van der Waals surface area contributed by atoms with Crippen LogP contribution < -0.4 is 21.6 Å². The van der Waals surface area contributed by atoms with Gasteiger partial charge in [-0.25, -0.2) is 19.6 Å². The third kappa shape index (κ3) is 5.70. The maximum atomic E-state index is 13.1. The van der Waals surface area contributed by atoms with Crippen LogP contribution in [0.2, 0.25) is 0 Å². The van der Waals surface area contributed by atoms with E-state index in [9.17, 15) is 8.78 Å². The van der Waals surface area contributed by atoms with Gasteiger partial charge in [0.1, 0.15) is 5.75 Å². The molecule has 1 atom stereocenters. The molecular formula is C22H31F2N7O2. The Bertz CT molecular complexity index is 1000. The molecule has 2 aliphatic carbocycles. The summed E-state index contributed by atoms with van der Waals surface area (Å²) >= 11 is 0. The van der Waals surface area contributed by atoms with Crippen LogP contribution in [-0.2, 0) is 6.42 Å². The van der Waals surface area contributed by atoms with Crippen molar-refractivity contribution in [3.63, 3.8) is 0 Å². The van der Waals surface area contributed by atoms with Gasteiger partial charge in [-0.1, -0.05) is 6.42 Å². The molecule has 2 aromatic rings. The zero-order valence-electron chi connectivity index (χ0n) is 19.0. The number of hydrogen-bond acceptors (Lipinski definition) is 9. The molecule has 11 heteroatoms. The van der Waals surface area contributed by atoms with Crippen molar-refractivity contribution in [3.8, 4) is 5.75 Å². The highest BCUT2D eigenvalue weighted by molar-refractivity contribution is 5.64. The van der Waals surface area contributed by atoms with Gasteiger partial charge in [-0.2, -0.15) is 4.98 Å². The first kappa shape index (κ1) is 23.2. The van der Waals surface area contributed by atoms with Gasteiger partial charge < -0.3 is 25.3 Å². The maximum absolute atomic E-state index is 13.1. The molecule has 2 aromatic heterocycles. The van der Waals surface area contributed by atoms with E-state index in [2.05, 4.69) is 20.4 Å². The Morgan fingerprint density at radius 2 is 2.00 bits per heavy atom. The lowest BCUT2D eigenvalue weighted by atomic mass is 9.98. The van der Waals surface area contributed by atoms with Crippen molar-refractivity contribution in [3.05, 3.63) is 35.1 Å². The van der Waals surface area contributed by atoms with Crippen LogP contribution in [-0.4, -0.2) is 45.8 Å². The van der Waals surface area contributed by atoms with Gasteiger partial charge in [0.05, 0.1) is 35.4 Å². The Labute approximate surface area is 191 Å². The molecule has 0 aromatic carbocycles. The van der Waals surface area contributed by atoms with E-state index in [0.29, 0.717) is 17.1 Å². The van der Waals surface area contributed by atoms with Crippen molar-refractivity contribution in [2.24, 2.45) is 17.5 Å². The summed E-state index contributed by atoms with van der Waals surface area (Å²) in [5.74, 6) is 3.75. The fourth-order valence-electron chi connectivity index (χ4n) is 4.02. The number of ether oxygens (including phenoxy) is 1. The predicted octanol–water partition coefficient (Wildman–Crippen LogP) is 3.23. The molecule has 4 rings (SSSR count). The molecule has 0 aliphatic heterocycles. The summed E-state index contributed by atoms with van der Waals surface area (Å²) < 4.78 is 37.4. The van der Waals surface area contributed by atoms with Crippen molar-refractivity contribution in [2.75, 3.05) is 18.9 Å². The average molecular weight is 464 g/mol. The highest BCUT2D eigenvalue weighted by Gasteiger charge is 2.57. The van der Waals surface area contributed by atoms with Crippen LogP contribution in [0.25, 0.3) is 5.70 Å². The highest BCUT2D eigenvalue weighted by Crippen LogP contribution is 2.50. The van der Waals surface area contributed by atoms with Crippen LogP contribution >= 0.6 is 0 Å². The lowest BCUT2D eigenvalue weighted by molar-refractivity contribution is 0.0970. The largest absolute Gasteiger partial charge is 0.489 e. The quantitative estimate of drug-likeness (QED) is 0.379. The number of hydrazine groups is 1. The van der Waals surface area contributed by atoms with E-state index in [1.165, 1.54) is 24.3 Å². The van der Waals surface area contributed by atoms with Crippen molar-refractivity contribution >= 4 is 11.6 Å². The fraction of sp³-hybridized carbons (Fsp3) is 0.591. The molecule has 0 spiro atoms. The summed E-state index contributed by atoms with van der Waals surface area (Å²) in [5, 5.41) is 8.15. The Kier molecular flexibility index (Phi) is 6.68. The van der Waals surface area contributed by atoms with E-state index < -0.39 is 11.8 Å². The Hall–Kier alpha value is -2.95. The van der Waals surface area contributed by atoms with E-state index in [-0.39, 0.29) is 37.3 Å². The van der Waals surface area contributed by atoms with E-state index in [0.717, 1.165) is 24.3 Å². The number of nitrogens with two attached hydrogens (primary N) is 2. The normalized spacial score (nSPS) is 20.8. The summed E-state index contributed by atoms with van der Waals surface area (Å²) in [4.78, 5) is 8.74. The minimum Gasteiger partial charge on any atom is -0.489 e. The Morgan fingerprint density at radius 3 is 2.64 bits per heavy atom. The molecule has 2 saturated carbocycles. The molecule has 1 unspecified atom stereocenters. The molecule has 180 valence electrons. The molecule has 5 N–H and O–H groups in total. The predicted molar refractivity (Wildman–Crippen MR) is 119 cm³/mol. The van der Waals surface area contributed by atoms with Gasteiger partial charge in [0.15, 0.2) is 0 Å². The molecule has 0 radical (unpaired) electrons. The molecule has 0 bridgehead atoms. The third-order valence-electron chi connectivity index (χ3n) is 6.15. The van der Waals surface area contributed by atoms with Crippen LogP contribution in [0, 0.1) is 12.8 Å². The first-order valence-corrected chi connectivity index (χ1v) is 11.3. The summed E-state index contributed by atoms with van der Waals surface area (Å²) in [5.41, 5.74) is 8.66. The summed E-state index contributed by atoms with van der Waals surface area (Å²) in [6, 6.07) is 3.70. The first-order chi connectivity index (χ1) is 15.7. The Balaban J connectivity index is 1.41. The first-order valence-electron chi connectivity index (χ1n) is 11.3. The number of nitrogens with one attached hydrogen (secondary N) is 1. The SMILES string of the molecule is Cc1nc(/C(N)=C(\CNc2noc(CC3CC3(F)F)n2)N(C)N)ccc1OC1CCCCC1. The van der Waals surface area contributed by atoms with Crippen LogP contribution in [0.3, 0.4) is 0 Å².